The van der Waals surface area contributed by atoms with E-state index in [4.69, 9.17) is 14.2 Å². The fourth-order valence-corrected chi connectivity index (χ4v) is 1.72. The first kappa shape index (κ1) is 11.7. The van der Waals surface area contributed by atoms with Gasteiger partial charge in [0.15, 0.2) is 0 Å². The van der Waals surface area contributed by atoms with Gasteiger partial charge in [-0.2, -0.15) is 0 Å². The Labute approximate surface area is 72.4 Å². The summed E-state index contributed by atoms with van der Waals surface area (Å²) in [6.07, 6.45) is 0. The maximum atomic E-state index is 11.4. The zero-order chi connectivity index (χ0) is 9.45. The molecule has 0 atom stereocenters. The molecule has 0 aliphatic rings. The molecule has 0 bridgehead atoms. The van der Waals surface area contributed by atoms with Crippen molar-refractivity contribution in [1.29, 1.82) is 0 Å². The van der Waals surface area contributed by atoms with E-state index in [1.54, 1.807) is 13.8 Å². The highest BCUT2D eigenvalue weighted by atomic mass is 31.2. The topological polar surface area (TPSA) is 55.8 Å². The van der Waals surface area contributed by atoms with Crippen molar-refractivity contribution in [3.05, 3.63) is 0 Å². The number of rotatable bonds is 4. The van der Waals surface area contributed by atoms with Gasteiger partial charge in [-0.1, -0.05) is 5.92 Å². The first-order valence-electron chi connectivity index (χ1n) is 3.68. The van der Waals surface area contributed by atoms with E-state index in [2.05, 4.69) is 11.6 Å². The van der Waals surface area contributed by atoms with Crippen molar-refractivity contribution >= 4 is 7.60 Å². The van der Waals surface area contributed by atoms with Crippen LogP contribution in [0.2, 0.25) is 0 Å². The van der Waals surface area contributed by atoms with Gasteiger partial charge in [0.05, 0.1) is 13.2 Å². The highest BCUT2D eigenvalue weighted by Gasteiger charge is 2.19. The molecule has 0 saturated heterocycles. The summed E-state index contributed by atoms with van der Waals surface area (Å²) in [5.74, 6) is 2.25. The van der Waals surface area contributed by atoms with Crippen molar-refractivity contribution in [1.82, 2.24) is 0 Å². The van der Waals surface area contributed by atoms with Gasteiger partial charge in [0, 0.05) is 5.66 Å². The number of aliphatic hydroxyl groups is 1. The monoisotopic (exact) mass is 192 g/mol. The molecule has 0 aliphatic carbocycles. The molecular weight excluding hydrogens is 179 g/mol. The summed E-state index contributed by atoms with van der Waals surface area (Å²) in [7, 11) is -3.26. The lowest BCUT2D eigenvalue weighted by molar-refractivity contribution is 0.230. The first-order valence-corrected chi connectivity index (χ1v) is 5.23. The lowest BCUT2D eigenvalue weighted by atomic mass is 10.8. The minimum absolute atomic E-state index is 0.275. The molecule has 0 aliphatic heterocycles. The summed E-state index contributed by atoms with van der Waals surface area (Å²) in [5.41, 5.74) is 2.26. The number of hydrogen-bond donors (Lipinski definition) is 1. The Hall–Kier alpha value is -0.330. The Morgan fingerprint density at radius 3 is 2.17 bits per heavy atom. The maximum Gasteiger partial charge on any atom is 0.405 e. The van der Waals surface area contributed by atoms with Gasteiger partial charge in [0.1, 0.15) is 6.61 Å². The van der Waals surface area contributed by atoms with Crippen LogP contribution in [0.15, 0.2) is 0 Å². The smallest absolute Gasteiger partial charge is 0.384 e. The first-order chi connectivity index (χ1) is 5.68. The normalized spacial score (nSPS) is 10.6. The van der Waals surface area contributed by atoms with E-state index in [9.17, 15) is 4.57 Å². The molecule has 0 spiro atoms. The van der Waals surface area contributed by atoms with Crippen LogP contribution in [-0.2, 0) is 13.6 Å². The second-order valence-electron chi connectivity index (χ2n) is 1.78. The molecule has 5 heteroatoms. The third-order valence-electron chi connectivity index (χ3n) is 0.893. The molecule has 0 aromatic heterocycles. The molecule has 0 heterocycles. The van der Waals surface area contributed by atoms with Crippen LogP contribution in [0.25, 0.3) is 0 Å². The molecule has 0 amide bonds. The molecule has 0 saturated carbocycles. The lowest BCUT2D eigenvalue weighted by Crippen LogP contribution is -1.93. The quantitative estimate of drug-likeness (QED) is 0.537. The van der Waals surface area contributed by atoms with Crippen LogP contribution in [0, 0.1) is 11.6 Å². The van der Waals surface area contributed by atoms with E-state index in [1.807, 2.05) is 0 Å². The zero-order valence-corrected chi connectivity index (χ0v) is 8.13. The second-order valence-corrected chi connectivity index (χ2v) is 3.51. The van der Waals surface area contributed by atoms with E-state index in [1.165, 1.54) is 0 Å². The molecule has 0 unspecified atom stereocenters. The average Bonchev–Trinajstić information content (AvgIpc) is 2.02. The van der Waals surface area contributed by atoms with Gasteiger partial charge < -0.3 is 5.11 Å². The van der Waals surface area contributed by atoms with Crippen LogP contribution >= 0.6 is 7.60 Å². The van der Waals surface area contributed by atoms with Gasteiger partial charge in [-0.25, -0.2) is 4.57 Å². The van der Waals surface area contributed by atoms with Crippen LogP contribution in [0.5, 0.6) is 0 Å². The van der Waals surface area contributed by atoms with Crippen molar-refractivity contribution in [2.75, 3.05) is 19.8 Å². The highest BCUT2D eigenvalue weighted by Crippen LogP contribution is 2.46. The Balaban J connectivity index is 4.28. The summed E-state index contributed by atoms with van der Waals surface area (Å²) in [6, 6.07) is 0. The molecule has 0 rings (SSSR count). The van der Waals surface area contributed by atoms with Crippen LogP contribution in [0.4, 0.5) is 0 Å². The molecule has 12 heavy (non-hydrogen) atoms. The Bertz CT molecular complexity index is 205. The fourth-order valence-electron chi connectivity index (χ4n) is 0.574. The van der Waals surface area contributed by atoms with E-state index in [-0.39, 0.29) is 19.8 Å². The van der Waals surface area contributed by atoms with Crippen molar-refractivity contribution in [2.45, 2.75) is 13.8 Å². The third kappa shape index (κ3) is 4.53. The van der Waals surface area contributed by atoms with Crippen molar-refractivity contribution in [3.8, 4) is 11.6 Å². The summed E-state index contributed by atoms with van der Waals surface area (Å²) in [6.45, 7) is 3.61. The van der Waals surface area contributed by atoms with Gasteiger partial charge in [0.25, 0.3) is 0 Å². The van der Waals surface area contributed by atoms with Gasteiger partial charge in [-0.15, -0.1) is 0 Å². The third-order valence-corrected chi connectivity index (χ3v) is 2.52. The predicted octanol–water partition coefficient (Wildman–Crippen LogP) is 1.21. The van der Waals surface area contributed by atoms with Crippen LogP contribution < -0.4 is 0 Å². The molecule has 70 valence electrons. The van der Waals surface area contributed by atoms with Crippen LogP contribution in [0.1, 0.15) is 13.8 Å². The van der Waals surface area contributed by atoms with Gasteiger partial charge in [0.2, 0.25) is 0 Å². The van der Waals surface area contributed by atoms with Crippen LogP contribution in [0.3, 0.4) is 0 Å². The zero-order valence-electron chi connectivity index (χ0n) is 7.24. The van der Waals surface area contributed by atoms with Crippen molar-refractivity contribution < 1.29 is 18.7 Å². The molecule has 0 radical (unpaired) electrons. The summed E-state index contributed by atoms with van der Waals surface area (Å²) >= 11 is 0. The molecule has 0 fully saturated rings. The van der Waals surface area contributed by atoms with Crippen molar-refractivity contribution in [2.24, 2.45) is 0 Å². The predicted molar refractivity (Wildman–Crippen MR) is 45.7 cm³/mol. The number of hydrogen-bond acceptors (Lipinski definition) is 4. The Morgan fingerprint density at radius 2 is 1.83 bits per heavy atom. The fraction of sp³-hybridized carbons (Fsp3) is 0.714. The molecule has 0 aromatic rings. The Kier molecular flexibility index (Phi) is 6.04. The average molecular weight is 192 g/mol. The standard InChI is InChI=1S/C7H13O4P/c1-3-10-12(9,11-4-2)7-5-6-8/h8H,3-4,6H2,1-2H3. The maximum absolute atomic E-state index is 11.4. The van der Waals surface area contributed by atoms with E-state index in [0.717, 1.165) is 0 Å². The molecule has 4 nitrogen and oxygen atoms in total. The number of aliphatic hydroxyl groups excluding tert-OH is 1. The molecule has 0 aromatic carbocycles. The minimum Gasteiger partial charge on any atom is -0.384 e. The van der Waals surface area contributed by atoms with Gasteiger partial charge >= 0.3 is 7.60 Å². The summed E-state index contributed by atoms with van der Waals surface area (Å²) in [4.78, 5) is 0. The highest BCUT2D eigenvalue weighted by molar-refractivity contribution is 7.59. The Morgan fingerprint density at radius 1 is 1.33 bits per heavy atom. The van der Waals surface area contributed by atoms with E-state index >= 15 is 0 Å². The van der Waals surface area contributed by atoms with Crippen molar-refractivity contribution in [3.63, 3.8) is 0 Å². The molecular formula is C7H13O4P. The van der Waals surface area contributed by atoms with Gasteiger partial charge in [-0.3, -0.25) is 9.05 Å². The summed E-state index contributed by atoms with van der Waals surface area (Å²) < 4.78 is 21.1. The second kappa shape index (κ2) is 6.22. The van der Waals surface area contributed by atoms with E-state index in [0.29, 0.717) is 0 Å². The van der Waals surface area contributed by atoms with Gasteiger partial charge in [-0.05, 0) is 13.8 Å². The van der Waals surface area contributed by atoms with Crippen LogP contribution in [-0.4, -0.2) is 24.9 Å². The molecule has 1 N–H and O–H groups in total. The SMILES string of the molecule is CCOP(=O)(C#CCO)OCC. The summed E-state index contributed by atoms with van der Waals surface area (Å²) in [5, 5.41) is 8.36. The van der Waals surface area contributed by atoms with E-state index < -0.39 is 7.60 Å². The largest absolute Gasteiger partial charge is 0.405 e. The minimum atomic E-state index is -3.26. The lowest BCUT2D eigenvalue weighted by Gasteiger charge is -2.09.